The Morgan fingerprint density at radius 1 is 1.30 bits per heavy atom. The monoisotopic (exact) mass is 285 g/mol. The van der Waals surface area contributed by atoms with Crippen LogP contribution in [0.25, 0.3) is 0 Å². The van der Waals surface area contributed by atoms with Crippen molar-refractivity contribution >= 4 is 29.7 Å². The Morgan fingerprint density at radius 2 is 1.90 bits per heavy atom. The van der Waals surface area contributed by atoms with E-state index in [1.807, 2.05) is 5.32 Å². The summed E-state index contributed by atoms with van der Waals surface area (Å²) in [5.74, 6) is -3.25. The number of hydrogen-bond donors (Lipinski definition) is 3. The van der Waals surface area contributed by atoms with Gasteiger partial charge < -0.3 is 10.0 Å². The average Bonchev–Trinajstić information content (AvgIpc) is 2.31. The van der Waals surface area contributed by atoms with E-state index in [4.69, 9.17) is 5.11 Å². The maximum absolute atomic E-state index is 11.9. The van der Waals surface area contributed by atoms with Gasteiger partial charge in [-0.2, -0.15) is 0 Å². The standard InChI is InChI=1S/C11H15N3O6/c1-11(2)9(19)12-7(16)5-14(11)10(20)13-6(15)3-4-8(17)18/h3-5H2,1-2H3,(H,17,18)(H,12,16,19)(H,13,15,20). The summed E-state index contributed by atoms with van der Waals surface area (Å²) in [5, 5.41) is 12.5. The van der Waals surface area contributed by atoms with E-state index in [9.17, 15) is 24.0 Å². The molecule has 0 atom stereocenters. The highest BCUT2D eigenvalue weighted by atomic mass is 16.4. The third-order valence-corrected chi connectivity index (χ3v) is 2.84. The van der Waals surface area contributed by atoms with Gasteiger partial charge in [-0.1, -0.05) is 0 Å². The summed E-state index contributed by atoms with van der Waals surface area (Å²) in [4.78, 5) is 57.4. The van der Waals surface area contributed by atoms with Gasteiger partial charge in [0.1, 0.15) is 12.1 Å². The van der Waals surface area contributed by atoms with Gasteiger partial charge in [-0.3, -0.25) is 29.8 Å². The predicted molar refractivity (Wildman–Crippen MR) is 64.3 cm³/mol. The van der Waals surface area contributed by atoms with Crippen LogP contribution in [0.3, 0.4) is 0 Å². The molecule has 1 fully saturated rings. The zero-order valence-corrected chi connectivity index (χ0v) is 11.1. The first-order chi connectivity index (χ1) is 9.14. The van der Waals surface area contributed by atoms with E-state index in [0.717, 1.165) is 4.90 Å². The van der Waals surface area contributed by atoms with Crippen molar-refractivity contribution in [1.82, 2.24) is 15.5 Å². The Morgan fingerprint density at radius 3 is 2.45 bits per heavy atom. The van der Waals surface area contributed by atoms with E-state index >= 15 is 0 Å². The third kappa shape index (κ3) is 3.53. The minimum Gasteiger partial charge on any atom is -0.481 e. The topological polar surface area (TPSA) is 133 Å². The van der Waals surface area contributed by atoms with Crippen molar-refractivity contribution in [2.24, 2.45) is 0 Å². The normalized spacial score (nSPS) is 17.4. The molecule has 9 nitrogen and oxygen atoms in total. The molecule has 0 saturated carbocycles. The average molecular weight is 285 g/mol. The fourth-order valence-corrected chi connectivity index (χ4v) is 1.58. The number of urea groups is 1. The molecular weight excluding hydrogens is 270 g/mol. The highest BCUT2D eigenvalue weighted by molar-refractivity contribution is 6.07. The van der Waals surface area contributed by atoms with Crippen LogP contribution in [0.2, 0.25) is 0 Å². The third-order valence-electron chi connectivity index (χ3n) is 2.84. The van der Waals surface area contributed by atoms with E-state index in [-0.39, 0.29) is 13.0 Å². The van der Waals surface area contributed by atoms with Gasteiger partial charge >= 0.3 is 12.0 Å². The minimum absolute atomic E-state index is 0.364. The second kappa shape index (κ2) is 5.68. The zero-order valence-electron chi connectivity index (χ0n) is 11.1. The van der Waals surface area contributed by atoms with E-state index in [1.165, 1.54) is 13.8 Å². The molecule has 0 unspecified atom stereocenters. The number of carboxylic acids is 1. The van der Waals surface area contributed by atoms with Crippen LogP contribution in [0.4, 0.5) is 4.79 Å². The van der Waals surface area contributed by atoms with Crippen molar-refractivity contribution in [3.8, 4) is 0 Å². The Labute approximate surface area is 114 Å². The van der Waals surface area contributed by atoms with E-state index in [1.54, 1.807) is 0 Å². The maximum atomic E-state index is 11.9. The van der Waals surface area contributed by atoms with Crippen LogP contribution in [0, 0.1) is 0 Å². The second-order valence-electron chi connectivity index (χ2n) is 4.77. The van der Waals surface area contributed by atoms with Crippen LogP contribution >= 0.6 is 0 Å². The number of carbonyl (C=O) groups excluding carboxylic acids is 4. The molecule has 3 N–H and O–H groups in total. The zero-order chi connectivity index (χ0) is 15.5. The van der Waals surface area contributed by atoms with Crippen molar-refractivity contribution in [3.05, 3.63) is 0 Å². The minimum atomic E-state index is -1.29. The number of nitrogens with zero attached hydrogens (tertiary/aromatic N) is 1. The molecule has 0 bridgehead atoms. The van der Waals surface area contributed by atoms with Crippen molar-refractivity contribution in [2.75, 3.05) is 6.54 Å². The number of carbonyl (C=O) groups is 5. The van der Waals surface area contributed by atoms with E-state index in [2.05, 4.69) is 5.32 Å². The van der Waals surface area contributed by atoms with Crippen LogP contribution in [-0.4, -0.2) is 51.8 Å². The Bertz CT molecular complexity index is 485. The maximum Gasteiger partial charge on any atom is 0.325 e. The lowest BCUT2D eigenvalue weighted by Crippen LogP contribution is -2.67. The quantitative estimate of drug-likeness (QED) is 0.559. The molecule has 1 aliphatic rings. The summed E-state index contributed by atoms with van der Waals surface area (Å²) in [5.41, 5.74) is -1.29. The summed E-state index contributed by atoms with van der Waals surface area (Å²) < 4.78 is 0. The van der Waals surface area contributed by atoms with Gasteiger partial charge in [0, 0.05) is 6.42 Å². The van der Waals surface area contributed by atoms with Crippen LogP contribution in [0.5, 0.6) is 0 Å². The largest absolute Gasteiger partial charge is 0.481 e. The second-order valence-corrected chi connectivity index (χ2v) is 4.77. The van der Waals surface area contributed by atoms with Gasteiger partial charge in [0.15, 0.2) is 0 Å². The Balaban J connectivity index is 2.70. The Kier molecular flexibility index (Phi) is 4.43. The highest BCUT2D eigenvalue weighted by Crippen LogP contribution is 2.18. The van der Waals surface area contributed by atoms with Gasteiger partial charge in [-0.05, 0) is 13.8 Å². The molecule has 0 spiro atoms. The molecule has 9 heteroatoms. The fourth-order valence-electron chi connectivity index (χ4n) is 1.58. The van der Waals surface area contributed by atoms with Gasteiger partial charge in [0.25, 0.3) is 5.91 Å². The summed E-state index contributed by atoms with van der Waals surface area (Å²) in [7, 11) is 0. The lowest BCUT2D eigenvalue weighted by Gasteiger charge is -2.39. The molecule has 0 aromatic rings. The first-order valence-corrected chi connectivity index (χ1v) is 5.82. The molecule has 20 heavy (non-hydrogen) atoms. The number of nitrogens with one attached hydrogen (secondary N) is 2. The first-order valence-electron chi connectivity index (χ1n) is 5.82. The van der Waals surface area contributed by atoms with Gasteiger partial charge in [-0.25, -0.2) is 4.79 Å². The molecule has 110 valence electrons. The number of aliphatic carboxylic acids is 1. The summed E-state index contributed by atoms with van der Waals surface area (Å²) in [6.07, 6.45) is -0.780. The molecule has 5 amide bonds. The van der Waals surface area contributed by atoms with E-state index in [0.29, 0.717) is 0 Å². The lowest BCUT2D eigenvalue weighted by molar-refractivity contribution is -0.143. The van der Waals surface area contributed by atoms with Crippen LogP contribution in [-0.2, 0) is 19.2 Å². The number of imide groups is 2. The summed E-state index contributed by atoms with van der Waals surface area (Å²) in [6.45, 7) is 2.49. The number of rotatable bonds is 3. The molecule has 0 aromatic carbocycles. The molecule has 0 radical (unpaired) electrons. The molecule has 1 saturated heterocycles. The lowest BCUT2D eigenvalue weighted by atomic mass is 9.99. The van der Waals surface area contributed by atoms with E-state index < -0.39 is 41.7 Å². The van der Waals surface area contributed by atoms with Crippen molar-refractivity contribution in [3.63, 3.8) is 0 Å². The smallest absolute Gasteiger partial charge is 0.325 e. The number of piperazine rings is 1. The molecule has 0 aromatic heterocycles. The van der Waals surface area contributed by atoms with Gasteiger partial charge in [0.05, 0.1) is 6.42 Å². The molecule has 1 aliphatic heterocycles. The van der Waals surface area contributed by atoms with Crippen molar-refractivity contribution in [2.45, 2.75) is 32.2 Å². The summed E-state index contributed by atoms with van der Waals surface area (Å²) >= 11 is 0. The predicted octanol–water partition coefficient (Wildman–Crippen LogP) is -1.18. The number of carboxylic acid groups (broad SMARTS) is 1. The van der Waals surface area contributed by atoms with Crippen molar-refractivity contribution in [1.29, 1.82) is 0 Å². The van der Waals surface area contributed by atoms with Crippen LogP contribution in [0.15, 0.2) is 0 Å². The summed E-state index contributed by atoms with van der Waals surface area (Å²) in [6, 6.07) is -0.909. The molecular formula is C11H15N3O6. The Hall–Kier alpha value is -2.45. The molecule has 0 aliphatic carbocycles. The van der Waals surface area contributed by atoms with Crippen LogP contribution in [0.1, 0.15) is 26.7 Å². The highest BCUT2D eigenvalue weighted by Gasteiger charge is 2.43. The fraction of sp³-hybridized carbons (Fsp3) is 0.545. The first kappa shape index (κ1) is 15.6. The van der Waals surface area contributed by atoms with Crippen LogP contribution < -0.4 is 10.6 Å². The van der Waals surface area contributed by atoms with Gasteiger partial charge in [0.2, 0.25) is 11.8 Å². The van der Waals surface area contributed by atoms with Gasteiger partial charge in [-0.15, -0.1) is 0 Å². The molecule has 1 rings (SSSR count). The molecule has 1 heterocycles. The van der Waals surface area contributed by atoms with Crippen molar-refractivity contribution < 1.29 is 29.1 Å². The number of amides is 5. The SMILES string of the molecule is CC1(C)C(=O)NC(=O)CN1C(=O)NC(=O)CCC(=O)O. The number of hydrogen-bond acceptors (Lipinski definition) is 5.